The van der Waals surface area contributed by atoms with Crippen molar-refractivity contribution in [3.63, 3.8) is 0 Å². The molecule has 29 heavy (non-hydrogen) atoms. The van der Waals surface area contributed by atoms with Crippen LogP contribution in [0.4, 0.5) is 0 Å². The topological polar surface area (TPSA) is 59.5 Å². The maximum absolute atomic E-state index is 13.3. The average molecular weight is 402 g/mol. The van der Waals surface area contributed by atoms with Crippen molar-refractivity contribution in [3.8, 4) is 0 Å². The van der Waals surface area contributed by atoms with Gasteiger partial charge in [0.25, 0.3) is 5.91 Å². The van der Waals surface area contributed by atoms with E-state index in [4.69, 9.17) is 4.74 Å². The summed E-state index contributed by atoms with van der Waals surface area (Å²) in [5.41, 5.74) is 3.24. The van der Waals surface area contributed by atoms with Crippen molar-refractivity contribution in [2.45, 2.75) is 17.5 Å². The first-order valence-corrected chi connectivity index (χ1v) is 10.4. The summed E-state index contributed by atoms with van der Waals surface area (Å²) in [6.45, 7) is 0.0914. The van der Waals surface area contributed by atoms with Gasteiger partial charge in [-0.15, -0.1) is 11.8 Å². The normalized spacial score (nSPS) is 22.3. The largest absolute Gasteiger partial charge is 0.458 e. The number of fused-ring (bicyclic) bond motifs is 3. The van der Waals surface area contributed by atoms with Crippen molar-refractivity contribution in [1.82, 2.24) is 9.88 Å². The van der Waals surface area contributed by atoms with Crippen molar-refractivity contribution in [3.05, 3.63) is 101 Å². The summed E-state index contributed by atoms with van der Waals surface area (Å²) in [5, 5.41) is 0. The van der Waals surface area contributed by atoms with E-state index < -0.39 is 16.9 Å². The number of carbonyl (C=O) groups excluding carboxylic acids is 2. The molecule has 2 aromatic carbocycles. The lowest BCUT2D eigenvalue weighted by molar-refractivity contribution is -0.149. The maximum atomic E-state index is 13.3. The standard InChI is InChI=1S/C23H18N2O3S/c26-21-18-11-4-5-12-19(18)23(16-8-2-1-3-9-16)25(21)20(15-29-23)22(27)28-14-17-10-6-7-13-24-17/h1-13,20H,14-15H2. The molecule has 2 atom stereocenters. The van der Waals surface area contributed by atoms with Gasteiger partial charge in [0, 0.05) is 23.1 Å². The van der Waals surface area contributed by atoms with Gasteiger partial charge in [0.05, 0.1) is 5.69 Å². The first-order chi connectivity index (χ1) is 14.2. The van der Waals surface area contributed by atoms with Crippen LogP contribution < -0.4 is 0 Å². The summed E-state index contributed by atoms with van der Waals surface area (Å²) < 4.78 is 5.54. The molecule has 5 rings (SSSR count). The van der Waals surface area contributed by atoms with Crippen molar-refractivity contribution in [2.75, 3.05) is 5.75 Å². The number of carbonyl (C=O) groups is 2. The first kappa shape index (κ1) is 17.9. The Balaban J connectivity index is 1.51. The van der Waals surface area contributed by atoms with E-state index in [2.05, 4.69) is 4.98 Å². The van der Waals surface area contributed by atoms with Crippen LogP contribution in [-0.4, -0.2) is 33.6 Å². The zero-order valence-electron chi connectivity index (χ0n) is 15.5. The van der Waals surface area contributed by atoms with Gasteiger partial charge >= 0.3 is 5.97 Å². The second-order valence-electron chi connectivity index (χ2n) is 6.99. The Morgan fingerprint density at radius 2 is 1.83 bits per heavy atom. The van der Waals surface area contributed by atoms with Crippen molar-refractivity contribution in [2.24, 2.45) is 0 Å². The van der Waals surface area contributed by atoms with Crippen LogP contribution in [0.1, 0.15) is 27.2 Å². The van der Waals surface area contributed by atoms with E-state index in [0.29, 0.717) is 17.0 Å². The molecule has 6 heteroatoms. The zero-order valence-corrected chi connectivity index (χ0v) is 16.3. The van der Waals surface area contributed by atoms with Gasteiger partial charge in [-0.2, -0.15) is 0 Å². The summed E-state index contributed by atoms with van der Waals surface area (Å²) in [5.74, 6) is -0.0490. The number of benzene rings is 2. The molecule has 0 radical (unpaired) electrons. The Kier molecular flexibility index (Phi) is 4.36. The van der Waals surface area contributed by atoms with Crippen molar-refractivity contribution in [1.29, 1.82) is 0 Å². The Morgan fingerprint density at radius 1 is 1.07 bits per heavy atom. The number of esters is 1. The molecule has 3 heterocycles. The van der Waals surface area contributed by atoms with Crippen molar-refractivity contribution >= 4 is 23.6 Å². The summed E-state index contributed by atoms with van der Waals surface area (Å²) in [6.07, 6.45) is 1.66. The van der Waals surface area contributed by atoms with Gasteiger partial charge in [0.2, 0.25) is 0 Å². The molecule has 2 aliphatic heterocycles. The highest BCUT2D eigenvalue weighted by molar-refractivity contribution is 8.00. The van der Waals surface area contributed by atoms with Gasteiger partial charge in [0.15, 0.2) is 0 Å². The fourth-order valence-corrected chi connectivity index (χ4v) is 5.76. The van der Waals surface area contributed by atoms with E-state index in [1.54, 1.807) is 22.9 Å². The highest BCUT2D eigenvalue weighted by atomic mass is 32.2. The lowest BCUT2D eigenvalue weighted by atomic mass is 9.97. The molecule has 2 aliphatic rings. The van der Waals surface area contributed by atoms with Crippen LogP contribution in [0.25, 0.3) is 0 Å². The molecule has 5 nitrogen and oxygen atoms in total. The predicted molar refractivity (Wildman–Crippen MR) is 110 cm³/mol. The van der Waals surface area contributed by atoms with E-state index >= 15 is 0 Å². The van der Waals surface area contributed by atoms with Crippen LogP contribution >= 0.6 is 11.8 Å². The van der Waals surface area contributed by atoms with Crippen molar-refractivity contribution < 1.29 is 14.3 Å². The van der Waals surface area contributed by atoms with Gasteiger partial charge in [0.1, 0.15) is 17.5 Å². The van der Waals surface area contributed by atoms with Crippen LogP contribution in [0.3, 0.4) is 0 Å². The van der Waals surface area contributed by atoms with Crippen LogP contribution in [0.5, 0.6) is 0 Å². The van der Waals surface area contributed by atoms with Crippen LogP contribution in [0.2, 0.25) is 0 Å². The number of pyridine rings is 1. The molecule has 1 fully saturated rings. The minimum Gasteiger partial charge on any atom is -0.458 e. The van der Waals surface area contributed by atoms with Gasteiger partial charge in [-0.1, -0.05) is 54.6 Å². The number of amides is 1. The monoisotopic (exact) mass is 402 g/mol. The van der Waals surface area contributed by atoms with E-state index in [1.165, 1.54) is 0 Å². The predicted octanol–water partition coefficient (Wildman–Crippen LogP) is 3.60. The van der Waals surface area contributed by atoms with E-state index in [-0.39, 0.29) is 12.5 Å². The molecular formula is C23H18N2O3S. The molecular weight excluding hydrogens is 384 g/mol. The van der Waals surface area contributed by atoms with Crippen LogP contribution in [0.15, 0.2) is 79.0 Å². The van der Waals surface area contributed by atoms with E-state index in [1.807, 2.05) is 72.8 Å². The minimum absolute atomic E-state index is 0.0914. The average Bonchev–Trinajstić information content (AvgIpc) is 3.30. The molecule has 1 saturated heterocycles. The molecule has 0 N–H and O–H groups in total. The van der Waals surface area contributed by atoms with E-state index in [0.717, 1.165) is 11.1 Å². The van der Waals surface area contributed by atoms with Gasteiger partial charge in [-0.25, -0.2) is 4.79 Å². The number of aromatic nitrogens is 1. The van der Waals surface area contributed by atoms with E-state index in [9.17, 15) is 9.59 Å². The number of hydrogen-bond acceptors (Lipinski definition) is 5. The summed E-state index contributed by atoms with van der Waals surface area (Å²) in [4.78, 5) is 31.5. The number of thioether (sulfide) groups is 1. The Bertz CT molecular complexity index is 1070. The minimum atomic E-state index is -0.705. The number of nitrogens with zero attached hydrogens (tertiary/aromatic N) is 2. The third-order valence-corrected chi connectivity index (χ3v) is 6.92. The fourth-order valence-electron chi connectivity index (χ4n) is 4.09. The second-order valence-corrected chi connectivity index (χ2v) is 8.20. The molecule has 1 amide bonds. The Labute approximate surface area is 172 Å². The molecule has 3 aromatic rings. The third kappa shape index (κ3) is 2.75. The van der Waals surface area contributed by atoms with Gasteiger partial charge in [-0.3, -0.25) is 9.78 Å². The third-order valence-electron chi connectivity index (χ3n) is 5.37. The van der Waals surface area contributed by atoms with Crippen LogP contribution in [0, 0.1) is 0 Å². The highest BCUT2D eigenvalue weighted by Crippen LogP contribution is 2.57. The fraction of sp³-hybridized carbons (Fsp3) is 0.174. The molecule has 144 valence electrons. The molecule has 2 unspecified atom stereocenters. The number of ether oxygens (including phenoxy) is 1. The highest BCUT2D eigenvalue weighted by Gasteiger charge is 2.60. The summed E-state index contributed by atoms with van der Waals surface area (Å²) in [7, 11) is 0. The molecule has 0 aliphatic carbocycles. The molecule has 0 saturated carbocycles. The Morgan fingerprint density at radius 3 is 2.62 bits per heavy atom. The lowest BCUT2D eigenvalue weighted by Crippen LogP contribution is -2.47. The number of rotatable bonds is 4. The summed E-state index contributed by atoms with van der Waals surface area (Å²) >= 11 is 1.61. The SMILES string of the molecule is O=C(OCc1ccccn1)C1CSC2(c3ccccc3)c3ccccc3C(=O)N12. The second kappa shape index (κ2) is 7.04. The molecule has 0 spiro atoms. The van der Waals surface area contributed by atoms with Gasteiger partial charge < -0.3 is 9.64 Å². The number of hydrogen-bond donors (Lipinski definition) is 0. The van der Waals surface area contributed by atoms with Crippen LogP contribution in [-0.2, 0) is 21.0 Å². The van der Waals surface area contributed by atoms with Gasteiger partial charge in [-0.05, 0) is 23.8 Å². The summed E-state index contributed by atoms with van der Waals surface area (Å²) in [6, 6.07) is 22.3. The quantitative estimate of drug-likeness (QED) is 0.624. The Hall–Kier alpha value is -3.12. The lowest BCUT2D eigenvalue weighted by Gasteiger charge is -2.34. The molecule has 1 aromatic heterocycles. The maximum Gasteiger partial charge on any atom is 0.330 e. The molecule has 0 bridgehead atoms. The smallest absolute Gasteiger partial charge is 0.330 e. The first-order valence-electron chi connectivity index (χ1n) is 9.41. The zero-order chi connectivity index (χ0) is 19.8.